The van der Waals surface area contributed by atoms with E-state index < -0.39 is 28.3 Å². The summed E-state index contributed by atoms with van der Waals surface area (Å²) in [4.78, 5) is 15.8. The van der Waals surface area contributed by atoms with Crippen LogP contribution >= 0.6 is 0 Å². The Bertz CT molecular complexity index is 1800. The SMILES string of the molecule is Cc1ccc(S(=O)(=O)NC(Cc2ccccc2)C(=O)NCc2ccc(C3OC(CN4CCC(O)C4)CC(c4ccc(CO)cc4)O3)cc2)cc1. The van der Waals surface area contributed by atoms with Crippen molar-refractivity contribution in [1.82, 2.24) is 14.9 Å². The highest BCUT2D eigenvalue weighted by molar-refractivity contribution is 7.89. The minimum Gasteiger partial charge on any atom is -0.392 e. The largest absolute Gasteiger partial charge is 0.392 e. The van der Waals surface area contributed by atoms with Crippen LogP contribution in [-0.4, -0.2) is 67.3 Å². The van der Waals surface area contributed by atoms with Gasteiger partial charge in [-0.3, -0.25) is 9.69 Å². The molecule has 0 aliphatic carbocycles. The fourth-order valence-electron chi connectivity index (χ4n) is 6.41. The number of amides is 1. The zero-order valence-electron chi connectivity index (χ0n) is 28.1. The average Bonchev–Trinajstić information content (AvgIpc) is 3.54. The van der Waals surface area contributed by atoms with Gasteiger partial charge in [0.25, 0.3) is 0 Å². The Morgan fingerprint density at radius 2 is 1.56 bits per heavy atom. The van der Waals surface area contributed by atoms with E-state index in [-0.39, 0.29) is 42.8 Å². The summed E-state index contributed by atoms with van der Waals surface area (Å²) in [5.74, 6) is -0.433. The number of carbonyl (C=O) groups is 1. The second-order valence-electron chi connectivity index (χ2n) is 13.2. The summed E-state index contributed by atoms with van der Waals surface area (Å²) in [5, 5.41) is 22.5. The number of ether oxygens (including phenoxy) is 2. The highest BCUT2D eigenvalue weighted by atomic mass is 32.2. The molecule has 2 aliphatic heterocycles. The van der Waals surface area contributed by atoms with Crippen LogP contribution in [0.3, 0.4) is 0 Å². The number of nitrogens with zero attached hydrogens (tertiary/aromatic N) is 1. The molecule has 1 amide bonds. The maximum Gasteiger partial charge on any atom is 0.241 e. The molecule has 4 aromatic rings. The van der Waals surface area contributed by atoms with Crippen LogP contribution in [0.5, 0.6) is 0 Å². The van der Waals surface area contributed by atoms with Gasteiger partial charge in [-0.15, -0.1) is 0 Å². The molecule has 11 heteroatoms. The fraction of sp³-hybridized carbons (Fsp3) is 0.359. The number of benzene rings is 4. The number of rotatable bonds is 13. The van der Waals surface area contributed by atoms with Crippen LogP contribution in [0.2, 0.25) is 0 Å². The van der Waals surface area contributed by atoms with Gasteiger partial charge in [0, 0.05) is 38.2 Å². The summed E-state index contributed by atoms with van der Waals surface area (Å²) in [6, 6.07) is 30.2. The van der Waals surface area contributed by atoms with Crippen molar-refractivity contribution in [2.45, 2.75) is 74.9 Å². The predicted octanol–water partition coefficient (Wildman–Crippen LogP) is 4.31. The standard InChI is InChI=1S/C39H45N3O7S/c1-27-7-17-35(18-8-27)50(46,47)41-36(21-28-5-3-2-4-6-28)38(45)40-23-29-9-15-32(16-10-29)39-48-34(25-42-20-19-33(44)24-42)22-37(49-39)31-13-11-30(26-43)12-14-31/h2-18,33-34,36-37,39,41,43-44H,19-26H2,1H3,(H,40,45). The van der Waals surface area contributed by atoms with Crippen molar-refractivity contribution >= 4 is 15.9 Å². The third-order valence-corrected chi connectivity index (χ3v) is 10.8. The first-order chi connectivity index (χ1) is 24.1. The Morgan fingerprint density at radius 3 is 2.22 bits per heavy atom. The molecule has 2 saturated heterocycles. The topological polar surface area (TPSA) is 137 Å². The molecule has 2 aliphatic rings. The molecule has 5 atom stereocenters. The van der Waals surface area contributed by atoms with Crippen molar-refractivity contribution in [3.63, 3.8) is 0 Å². The summed E-state index contributed by atoms with van der Waals surface area (Å²) in [5.41, 5.74) is 5.26. The first-order valence-electron chi connectivity index (χ1n) is 17.1. The second-order valence-corrected chi connectivity index (χ2v) is 14.9. The summed E-state index contributed by atoms with van der Waals surface area (Å²) >= 11 is 0. The molecule has 10 nitrogen and oxygen atoms in total. The third kappa shape index (κ3) is 9.43. The number of β-amino-alcohol motifs (C(OH)–C–C–N with tert-alkyl or cyclic N) is 1. The van der Waals surface area contributed by atoms with Crippen LogP contribution in [0, 0.1) is 6.92 Å². The van der Waals surface area contributed by atoms with Crippen molar-refractivity contribution in [2.24, 2.45) is 0 Å². The molecule has 4 N–H and O–H groups in total. The molecule has 2 heterocycles. The Kier molecular flexibility index (Phi) is 11.8. The summed E-state index contributed by atoms with van der Waals surface area (Å²) in [7, 11) is -3.95. The zero-order valence-corrected chi connectivity index (χ0v) is 29.0. The molecule has 4 aromatic carbocycles. The number of sulfonamides is 1. The molecule has 0 aromatic heterocycles. The number of hydrogen-bond donors (Lipinski definition) is 4. The third-order valence-electron chi connectivity index (χ3n) is 9.27. The number of aliphatic hydroxyl groups is 2. The molecule has 264 valence electrons. The van der Waals surface area contributed by atoms with Gasteiger partial charge in [-0.1, -0.05) is 96.6 Å². The van der Waals surface area contributed by atoms with Crippen LogP contribution < -0.4 is 10.0 Å². The molecule has 0 spiro atoms. The van der Waals surface area contributed by atoms with E-state index in [2.05, 4.69) is 14.9 Å². The van der Waals surface area contributed by atoms with Crippen LogP contribution in [0.1, 0.15) is 58.6 Å². The first-order valence-corrected chi connectivity index (χ1v) is 18.5. The van der Waals surface area contributed by atoms with Gasteiger partial charge in [-0.25, -0.2) is 8.42 Å². The van der Waals surface area contributed by atoms with Crippen LogP contribution in [-0.2, 0) is 43.9 Å². The molecule has 2 fully saturated rings. The lowest BCUT2D eigenvalue weighted by Gasteiger charge is -2.37. The molecular weight excluding hydrogens is 655 g/mol. The predicted molar refractivity (Wildman–Crippen MR) is 189 cm³/mol. The smallest absolute Gasteiger partial charge is 0.241 e. The molecule has 5 unspecified atom stereocenters. The van der Waals surface area contributed by atoms with E-state index in [0.717, 1.165) is 46.3 Å². The Labute approximate surface area is 294 Å². The normalized spacial score (nSPS) is 21.9. The fourth-order valence-corrected chi connectivity index (χ4v) is 7.61. The highest BCUT2D eigenvalue weighted by Gasteiger charge is 2.34. The van der Waals surface area contributed by atoms with E-state index in [4.69, 9.17) is 9.47 Å². The lowest BCUT2D eigenvalue weighted by Crippen LogP contribution is -2.47. The quantitative estimate of drug-likeness (QED) is 0.162. The number of aryl methyl sites for hydroxylation is 1. The monoisotopic (exact) mass is 699 g/mol. The van der Waals surface area contributed by atoms with E-state index in [1.807, 2.05) is 85.8 Å². The van der Waals surface area contributed by atoms with Crippen molar-refractivity contribution < 1.29 is 32.9 Å². The van der Waals surface area contributed by atoms with Crippen LogP contribution in [0.4, 0.5) is 0 Å². The van der Waals surface area contributed by atoms with Gasteiger partial charge in [0.15, 0.2) is 6.29 Å². The number of likely N-dealkylation sites (tertiary alicyclic amines) is 1. The number of aliphatic hydroxyl groups excluding tert-OH is 2. The number of carbonyl (C=O) groups excluding carboxylic acids is 1. The maximum atomic E-state index is 13.5. The minimum atomic E-state index is -3.95. The van der Waals surface area contributed by atoms with Gasteiger partial charge in [-0.05, 0) is 54.2 Å². The van der Waals surface area contributed by atoms with Crippen LogP contribution in [0.15, 0.2) is 108 Å². The van der Waals surface area contributed by atoms with E-state index >= 15 is 0 Å². The summed E-state index contributed by atoms with van der Waals surface area (Å²) in [6.07, 6.45) is 0.315. The summed E-state index contributed by atoms with van der Waals surface area (Å²) in [6.45, 7) is 4.18. The van der Waals surface area contributed by atoms with E-state index in [1.165, 1.54) is 12.1 Å². The van der Waals surface area contributed by atoms with Gasteiger partial charge < -0.3 is 25.0 Å². The maximum absolute atomic E-state index is 13.5. The van der Waals surface area contributed by atoms with E-state index in [0.29, 0.717) is 19.5 Å². The van der Waals surface area contributed by atoms with Crippen molar-refractivity contribution in [3.05, 3.63) is 137 Å². The zero-order chi connectivity index (χ0) is 35.1. The molecule has 0 radical (unpaired) electrons. The molecule has 6 rings (SSSR count). The van der Waals surface area contributed by atoms with Gasteiger partial charge in [0.2, 0.25) is 15.9 Å². The highest BCUT2D eigenvalue weighted by Crippen LogP contribution is 2.38. The first kappa shape index (κ1) is 35.9. The van der Waals surface area contributed by atoms with Crippen molar-refractivity contribution in [1.29, 1.82) is 0 Å². The van der Waals surface area contributed by atoms with E-state index in [9.17, 15) is 23.4 Å². The number of nitrogens with one attached hydrogen (secondary N) is 2. The van der Waals surface area contributed by atoms with Crippen molar-refractivity contribution in [3.8, 4) is 0 Å². The van der Waals surface area contributed by atoms with E-state index in [1.54, 1.807) is 12.1 Å². The minimum absolute atomic E-state index is 0.0268. The summed E-state index contributed by atoms with van der Waals surface area (Å²) < 4.78 is 42.1. The van der Waals surface area contributed by atoms with Crippen molar-refractivity contribution in [2.75, 3.05) is 19.6 Å². The van der Waals surface area contributed by atoms with Gasteiger partial charge in [0.1, 0.15) is 6.04 Å². The van der Waals surface area contributed by atoms with Gasteiger partial charge >= 0.3 is 0 Å². The lowest BCUT2D eigenvalue weighted by atomic mass is 9.99. The Morgan fingerprint density at radius 1 is 0.880 bits per heavy atom. The average molecular weight is 700 g/mol. The van der Waals surface area contributed by atoms with Gasteiger partial charge in [-0.2, -0.15) is 4.72 Å². The molecular formula is C39H45N3O7S. The second kappa shape index (κ2) is 16.4. The molecule has 0 bridgehead atoms. The Balaban J connectivity index is 1.13. The molecule has 0 saturated carbocycles. The molecule has 50 heavy (non-hydrogen) atoms. The number of hydrogen-bond acceptors (Lipinski definition) is 8. The van der Waals surface area contributed by atoms with Gasteiger partial charge in [0.05, 0.1) is 29.8 Å². The van der Waals surface area contributed by atoms with Crippen LogP contribution in [0.25, 0.3) is 0 Å². The Hall–Kier alpha value is -3.94. The lowest BCUT2D eigenvalue weighted by molar-refractivity contribution is -0.252.